The van der Waals surface area contributed by atoms with Crippen LogP contribution in [-0.2, 0) is 22.5 Å². The van der Waals surface area contributed by atoms with E-state index >= 15 is 0 Å². The third-order valence-electron chi connectivity index (χ3n) is 9.06. The lowest BCUT2D eigenvalue weighted by Crippen LogP contribution is -2.36. The minimum Gasteiger partial charge on any atom is -0.502 e. The molecule has 1 N–H and O–H groups in total. The normalized spacial score (nSPS) is 14.5. The van der Waals surface area contributed by atoms with Crippen molar-refractivity contribution in [2.45, 2.75) is 31.3 Å². The van der Waals surface area contributed by atoms with Gasteiger partial charge in [0, 0.05) is 12.6 Å². The highest BCUT2D eigenvalue weighted by molar-refractivity contribution is 5.71. The van der Waals surface area contributed by atoms with E-state index in [9.17, 15) is 14.7 Å². The summed E-state index contributed by atoms with van der Waals surface area (Å²) in [5.74, 6) is 1.53. The van der Waals surface area contributed by atoms with Crippen molar-refractivity contribution in [1.82, 2.24) is 4.90 Å². The monoisotopic (exact) mass is 705 g/mol. The number of methoxy groups -OCH3 is 8. The Kier molecular flexibility index (Phi) is 11.5. The maximum atomic E-state index is 13.4. The summed E-state index contributed by atoms with van der Waals surface area (Å²) < 4.78 is 50.6. The van der Waals surface area contributed by atoms with Crippen molar-refractivity contribution in [1.29, 1.82) is 0 Å². The zero-order valence-corrected chi connectivity index (χ0v) is 30.0. The van der Waals surface area contributed by atoms with Crippen LogP contribution in [0.15, 0.2) is 57.7 Å². The molecule has 2 atom stereocenters. The summed E-state index contributed by atoms with van der Waals surface area (Å²) in [6.07, 6.45) is 0.418. The second kappa shape index (κ2) is 16.0. The summed E-state index contributed by atoms with van der Waals surface area (Å²) in [6, 6.07) is 13.6. The van der Waals surface area contributed by atoms with Gasteiger partial charge in [0.05, 0.1) is 81.8 Å². The van der Waals surface area contributed by atoms with E-state index in [0.29, 0.717) is 58.8 Å². The van der Waals surface area contributed by atoms with Crippen molar-refractivity contribution in [3.8, 4) is 46.0 Å². The number of nitrogens with zero attached hydrogens (tertiary/aromatic N) is 1. The Balaban J connectivity index is 1.65. The fraction of sp³-hybridized carbons (Fsp3) is 0.368. The predicted molar refractivity (Wildman–Crippen MR) is 186 cm³/mol. The molecule has 5 rings (SSSR count). The number of hydrogen-bond acceptors (Lipinski definition) is 13. The van der Waals surface area contributed by atoms with Crippen molar-refractivity contribution in [2.24, 2.45) is 0 Å². The van der Waals surface area contributed by atoms with Gasteiger partial charge in [-0.05, 0) is 65.1 Å². The van der Waals surface area contributed by atoms with E-state index in [1.54, 1.807) is 53.7 Å². The van der Waals surface area contributed by atoms with Crippen molar-refractivity contribution in [3.63, 3.8) is 0 Å². The molecule has 272 valence electrons. The Morgan fingerprint density at radius 1 is 0.784 bits per heavy atom. The number of carbonyl (C=O) groups is 1. The molecule has 13 heteroatoms. The molecule has 0 spiro atoms. The molecule has 0 bridgehead atoms. The Labute approximate surface area is 296 Å². The van der Waals surface area contributed by atoms with E-state index in [-0.39, 0.29) is 24.5 Å². The fourth-order valence-electron chi connectivity index (χ4n) is 6.57. The molecule has 1 aliphatic rings. The number of hydrogen-bond donors (Lipinski definition) is 1. The number of fused-ring (bicyclic) bond motifs is 1. The van der Waals surface area contributed by atoms with Gasteiger partial charge < -0.3 is 47.4 Å². The van der Waals surface area contributed by atoms with Crippen LogP contribution in [0.1, 0.15) is 52.2 Å². The van der Waals surface area contributed by atoms with Gasteiger partial charge in [-0.3, -0.25) is 14.5 Å². The minimum absolute atomic E-state index is 0.0803. The van der Waals surface area contributed by atoms with Gasteiger partial charge in [0.15, 0.2) is 40.3 Å². The molecule has 2 unspecified atom stereocenters. The second-order valence-electron chi connectivity index (χ2n) is 11.7. The summed E-state index contributed by atoms with van der Waals surface area (Å²) in [4.78, 5) is 28.2. The first-order valence-electron chi connectivity index (χ1n) is 16.1. The summed E-state index contributed by atoms with van der Waals surface area (Å²) in [6.45, 7) is 0.694. The van der Waals surface area contributed by atoms with Crippen LogP contribution in [0.4, 0.5) is 0 Å². The molecule has 13 nitrogen and oxygen atoms in total. The Morgan fingerprint density at radius 2 is 1.39 bits per heavy atom. The molecule has 0 amide bonds. The molecule has 0 radical (unpaired) electrons. The molecule has 51 heavy (non-hydrogen) atoms. The van der Waals surface area contributed by atoms with Crippen LogP contribution in [0.25, 0.3) is 0 Å². The Hall–Kier alpha value is -5.56. The highest BCUT2D eigenvalue weighted by Gasteiger charge is 2.34. The van der Waals surface area contributed by atoms with Crippen LogP contribution in [-0.4, -0.2) is 79.4 Å². The van der Waals surface area contributed by atoms with Gasteiger partial charge in [-0.1, -0.05) is 6.07 Å². The van der Waals surface area contributed by atoms with Gasteiger partial charge >= 0.3 is 5.97 Å². The number of ether oxygens (including phenoxy) is 8. The Bertz CT molecular complexity index is 1910. The van der Waals surface area contributed by atoms with Gasteiger partial charge in [-0.15, -0.1) is 0 Å². The quantitative estimate of drug-likeness (QED) is 0.171. The van der Waals surface area contributed by atoms with E-state index in [1.165, 1.54) is 27.4 Å². The first-order valence-corrected chi connectivity index (χ1v) is 16.1. The van der Waals surface area contributed by atoms with E-state index in [4.69, 9.17) is 42.3 Å². The molecule has 1 aromatic heterocycles. The minimum atomic E-state index is -0.894. The van der Waals surface area contributed by atoms with E-state index in [2.05, 4.69) is 4.90 Å². The molecule has 3 aromatic carbocycles. The molecule has 4 aromatic rings. The Morgan fingerprint density at radius 3 is 1.98 bits per heavy atom. The van der Waals surface area contributed by atoms with Gasteiger partial charge in [0.25, 0.3) is 0 Å². The maximum Gasteiger partial charge on any atom is 0.306 e. The standard InChI is InChI=1S/C38H43NO12/c1-43-28-10-9-21(13-29(28)44-2)26(19-34(41)49-7)37-36(42)27(40)17-24(51-37)20-39-12-11-22-14-30(45-3)31(46-4)18-25(22)35(39)23-15-32(47-5)38(50-8)33(16-23)48-6/h9-10,13-18,26,35,42H,11-12,19-20H2,1-8H3. The van der Waals surface area contributed by atoms with Crippen LogP contribution in [0.2, 0.25) is 0 Å². The van der Waals surface area contributed by atoms with Crippen LogP contribution in [0, 0.1) is 0 Å². The lowest BCUT2D eigenvalue weighted by atomic mass is 9.87. The van der Waals surface area contributed by atoms with Crippen molar-refractivity contribution >= 4 is 5.97 Å². The number of carbonyl (C=O) groups excluding carboxylic acids is 1. The van der Waals surface area contributed by atoms with E-state index < -0.39 is 29.1 Å². The average molecular weight is 706 g/mol. The summed E-state index contributed by atoms with van der Waals surface area (Å²) >= 11 is 0. The lowest BCUT2D eigenvalue weighted by Gasteiger charge is -2.38. The van der Waals surface area contributed by atoms with Gasteiger partial charge in [-0.25, -0.2) is 0 Å². The highest BCUT2D eigenvalue weighted by Crippen LogP contribution is 2.46. The lowest BCUT2D eigenvalue weighted by molar-refractivity contribution is -0.140. The van der Waals surface area contributed by atoms with E-state index in [1.807, 2.05) is 24.3 Å². The molecular formula is C38H43NO12. The molecular weight excluding hydrogens is 662 g/mol. The van der Waals surface area contributed by atoms with Crippen molar-refractivity contribution in [2.75, 3.05) is 63.4 Å². The summed E-state index contributed by atoms with van der Waals surface area (Å²) in [5.41, 5.74) is 2.67. The summed E-state index contributed by atoms with van der Waals surface area (Å²) in [5, 5.41) is 11.1. The maximum absolute atomic E-state index is 13.4. The molecule has 0 fully saturated rings. The third kappa shape index (κ3) is 7.34. The topological polar surface area (TPSA) is 145 Å². The van der Waals surface area contributed by atoms with Gasteiger partial charge in [-0.2, -0.15) is 0 Å². The predicted octanol–water partition coefficient (Wildman–Crippen LogP) is 5.25. The number of esters is 1. The van der Waals surface area contributed by atoms with Crippen LogP contribution in [0.5, 0.6) is 46.0 Å². The molecule has 1 aliphatic heterocycles. The van der Waals surface area contributed by atoms with E-state index in [0.717, 1.165) is 16.7 Å². The zero-order valence-electron chi connectivity index (χ0n) is 30.0. The van der Waals surface area contributed by atoms with Crippen molar-refractivity contribution < 1.29 is 52.2 Å². The highest BCUT2D eigenvalue weighted by atomic mass is 16.5. The van der Waals surface area contributed by atoms with Crippen LogP contribution >= 0.6 is 0 Å². The smallest absolute Gasteiger partial charge is 0.306 e. The van der Waals surface area contributed by atoms with Gasteiger partial charge in [0.2, 0.25) is 16.9 Å². The first-order chi connectivity index (χ1) is 24.6. The molecule has 0 saturated heterocycles. The van der Waals surface area contributed by atoms with Crippen LogP contribution in [0.3, 0.4) is 0 Å². The summed E-state index contributed by atoms with van der Waals surface area (Å²) in [7, 11) is 12.1. The molecule has 0 saturated carbocycles. The SMILES string of the molecule is COC(=O)CC(c1ccc(OC)c(OC)c1)c1oc(CN2CCc3cc(OC)c(OC)cc3C2c2cc(OC)c(OC)c(OC)c2)cc(=O)c1O. The molecule has 0 aliphatic carbocycles. The fourth-order valence-corrected chi connectivity index (χ4v) is 6.57. The zero-order chi connectivity index (χ0) is 36.8. The second-order valence-corrected chi connectivity index (χ2v) is 11.7. The number of aromatic hydroxyl groups is 1. The average Bonchev–Trinajstić information content (AvgIpc) is 3.16. The number of benzene rings is 3. The largest absolute Gasteiger partial charge is 0.502 e. The first kappa shape index (κ1) is 36.7. The number of rotatable bonds is 14. The third-order valence-corrected chi connectivity index (χ3v) is 9.06. The van der Waals surface area contributed by atoms with Gasteiger partial charge in [0.1, 0.15) is 5.76 Å². The van der Waals surface area contributed by atoms with Crippen LogP contribution < -0.4 is 38.6 Å². The van der Waals surface area contributed by atoms with Crippen molar-refractivity contribution in [3.05, 3.63) is 92.5 Å². The molecule has 2 heterocycles.